The Hall–Kier alpha value is -0.770. The summed E-state index contributed by atoms with van der Waals surface area (Å²) in [6.45, 7) is 15.0. The highest BCUT2D eigenvalue weighted by atomic mass is 16.6. The van der Waals surface area contributed by atoms with Gasteiger partial charge in [0.25, 0.3) is 0 Å². The van der Waals surface area contributed by atoms with Crippen LogP contribution in [0.2, 0.25) is 0 Å². The number of carbonyl (C=O) groups excluding carboxylic acids is 1. The summed E-state index contributed by atoms with van der Waals surface area (Å²) in [6.07, 6.45) is 7.10. The van der Waals surface area contributed by atoms with Gasteiger partial charge < -0.3 is 15.0 Å². The lowest BCUT2D eigenvalue weighted by Crippen LogP contribution is -2.46. The van der Waals surface area contributed by atoms with Crippen molar-refractivity contribution in [3.05, 3.63) is 0 Å². The van der Waals surface area contributed by atoms with Crippen LogP contribution in [0.25, 0.3) is 0 Å². The molecule has 4 nitrogen and oxygen atoms in total. The molecule has 1 aliphatic carbocycles. The summed E-state index contributed by atoms with van der Waals surface area (Å²) in [6, 6.07) is 0.337. The van der Waals surface area contributed by atoms with Crippen molar-refractivity contribution in [2.24, 2.45) is 5.41 Å². The molecule has 0 aromatic rings. The molecule has 4 heteroatoms. The highest BCUT2D eigenvalue weighted by molar-refractivity contribution is 5.68. The topological polar surface area (TPSA) is 41.6 Å². The number of hydrogen-bond donors (Lipinski definition) is 1. The van der Waals surface area contributed by atoms with Crippen LogP contribution in [-0.4, -0.2) is 42.3 Å². The summed E-state index contributed by atoms with van der Waals surface area (Å²) >= 11 is 0. The third-order valence-electron chi connectivity index (χ3n) is 4.08. The van der Waals surface area contributed by atoms with E-state index in [-0.39, 0.29) is 11.5 Å². The molecule has 0 bridgehead atoms. The van der Waals surface area contributed by atoms with Crippen molar-refractivity contribution in [3.8, 4) is 0 Å². The Kier molecular flexibility index (Phi) is 7.85. The van der Waals surface area contributed by atoms with Crippen molar-refractivity contribution in [2.75, 3.05) is 19.6 Å². The molecule has 1 aliphatic rings. The number of amides is 1. The normalized spacial score (nSPS) is 17.7. The predicted molar refractivity (Wildman–Crippen MR) is 96.8 cm³/mol. The van der Waals surface area contributed by atoms with Crippen LogP contribution in [0.1, 0.15) is 80.1 Å². The summed E-state index contributed by atoms with van der Waals surface area (Å²) in [7, 11) is 0. The molecule has 0 unspecified atom stereocenters. The first-order valence-electron chi connectivity index (χ1n) is 9.29. The maximum absolute atomic E-state index is 12.6. The maximum atomic E-state index is 12.6. The summed E-state index contributed by atoms with van der Waals surface area (Å²) in [4.78, 5) is 14.6. The van der Waals surface area contributed by atoms with Crippen LogP contribution in [0.4, 0.5) is 4.79 Å². The minimum atomic E-state index is -0.432. The van der Waals surface area contributed by atoms with Gasteiger partial charge in [0.2, 0.25) is 0 Å². The molecule has 1 N–H and O–H groups in total. The number of nitrogens with one attached hydrogen (secondary N) is 1. The van der Waals surface area contributed by atoms with E-state index in [1.807, 2.05) is 25.7 Å². The molecule has 1 amide bonds. The highest BCUT2D eigenvalue weighted by Crippen LogP contribution is 2.23. The molecular formula is C19H38N2O2. The lowest BCUT2D eigenvalue weighted by atomic mass is 9.97. The van der Waals surface area contributed by atoms with Crippen molar-refractivity contribution in [2.45, 2.75) is 91.7 Å². The fourth-order valence-corrected chi connectivity index (χ4v) is 2.98. The number of nitrogens with zero attached hydrogens (tertiary/aromatic N) is 1. The van der Waals surface area contributed by atoms with Gasteiger partial charge in [0.15, 0.2) is 0 Å². The van der Waals surface area contributed by atoms with E-state index < -0.39 is 5.60 Å². The van der Waals surface area contributed by atoms with Gasteiger partial charge in [-0.05, 0) is 39.0 Å². The van der Waals surface area contributed by atoms with Gasteiger partial charge in [0.1, 0.15) is 5.60 Å². The number of ether oxygens (including phenoxy) is 1. The lowest BCUT2D eigenvalue weighted by Gasteiger charge is -2.33. The van der Waals surface area contributed by atoms with E-state index in [4.69, 9.17) is 4.74 Å². The molecule has 1 saturated carbocycles. The van der Waals surface area contributed by atoms with Gasteiger partial charge in [-0.1, -0.05) is 46.5 Å². The zero-order valence-electron chi connectivity index (χ0n) is 16.2. The molecule has 0 aromatic carbocycles. The van der Waals surface area contributed by atoms with Gasteiger partial charge >= 0.3 is 6.09 Å². The highest BCUT2D eigenvalue weighted by Gasteiger charge is 2.28. The van der Waals surface area contributed by atoms with Crippen molar-refractivity contribution >= 4 is 6.09 Å². The molecule has 0 radical (unpaired) electrons. The van der Waals surface area contributed by atoms with Gasteiger partial charge in [-0.15, -0.1) is 0 Å². The number of rotatable bonds is 5. The largest absolute Gasteiger partial charge is 0.444 e. The van der Waals surface area contributed by atoms with Gasteiger partial charge in [-0.3, -0.25) is 0 Å². The van der Waals surface area contributed by atoms with Gasteiger partial charge in [0, 0.05) is 25.7 Å². The minimum Gasteiger partial charge on any atom is -0.444 e. The van der Waals surface area contributed by atoms with E-state index >= 15 is 0 Å². The van der Waals surface area contributed by atoms with Crippen molar-refractivity contribution in [1.82, 2.24) is 10.2 Å². The second kappa shape index (κ2) is 8.91. The lowest BCUT2D eigenvalue weighted by molar-refractivity contribution is 0.0146. The smallest absolute Gasteiger partial charge is 0.410 e. The molecule has 1 rings (SSSR count). The monoisotopic (exact) mass is 326 g/mol. The van der Waals surface area contributed by atoms with Crippen LogP contribution < -0.4 is 5.32 Å². The number of carbonyl (C=O) groups is 1. The van der Waals surface area contributed by atoms with Gasteiger partial charge in [-0.2, -0.15) is 0 Å². The molecule has 0 saturated heterocycles. The first-order chi connectivity index (χ1) is 10.6. The van der Waals surface area contributed by atoms with E-state index in [1.54, 1.807) is 0 Å². The molecular weight excluding hydrogens is 288 g/mol. The van der Waals surface area contributed by atoms with Crippen LogP contribution >= 0.6 is 0 Å². The maximum Gasteiger partial charge on any atom is 0.410 e. The fourth-order valence-electron chi connectivity index (χ4n) is 2.98. The summed E-state index contributed by atoms with van der Waals surface area (Å²) in [5.74, 6) is 0. The van der Waals surface area contributed by atoms with Crippen molar-refractivity contribution < 1.29 is 9.53 Å². The van der Waals surface area contributed by atoms with Crippen LogP contribution in [0.5, 0.6) is 0 Å². The van der Waals surface area contributed by atoms with Crippen LogP contribution in [-0.2, 0) is 4.74 Å². The van der Waals surface area contributed by atoms with Gasteiger partial charge in [0.05, 0.1) is 0 Å². The quantitative estimate of drug-likeness (QED) is 0.594. The second-order valence-electron chi connectivity index (χ2n) is 9.06. The first kappa shape index (κ1) is 20.3. The predicted octanol–water partition coefficient (Wildman–Crippen LogP) is 4.58. The fraction of sp³-hybridized carbons (Fsp3) is 0.947. The molecule has 136 valence electrons. The summed E-state index contributed by atoms with van der Waals surface area (Å²) in [5.41, 5.74) is -0.169. The molecule has 0 heterocycles. The Bertz CT molecular complexity index is 347. The Morgan fingerprint density at radius 1 is 1.04 bits per heavy atom. The Morgan fingerprint density at radius 2 is 1.61 bits per heavy atom. The van der Waals surface area contributed by atoms with Crippen LogP contribution in [0.3, 0.4) is 0 Å². The van der Waals surface area contributed by atoms with Crippen molar-refractivity contribution in [1.29, 1.82) is 0 Å². The zero-order valence-corrected chi connectivity index (χ0v) is 16.2. The van der Waals surface area contributed by atoms with Gasteiger partial charge in [-0.25, -0.2) is 4.79 Å². The number of hydrogen-bond acceptors (Lipinski definition) is 3. The molecule has 0 spiro atoms. The minimum absolute atomic E-state index is 0.151. The first-order valence-corrected chi connectivity index (χ1v) is 9.29. The molecule has 0 atom stereocenters. The Balaban J connectivity index is 2.61. The third kappa shape index (κ3) is 9.19. The molecule has 0 aliphatic heterocycles. The summed E-state index contributed by atoms with van der Waals surface area (Å²) < 4.78 is 5.65. The SMILES string of the molecule is CC(C)(C)CNCCN(C(=O)OC(C)(C)C)C1CCCCCC1. The van der Waals surface area contributed by atoms with Crippen LogP contribution in [0, 0.1) is 5.41 Å². The van der Waals surface area contributed by atoms with Crippen LogP contribution in [0.15, 0.2) is 0 Å². The van der Waals surface area contributed by atoms with E-state index in [0.717, 1.165) is 32.5 Å². The van der Waals surface area contributed by atoms with E-state index in [9.17, 15) is 4.79 Å². The molecule has 0 aromatic heterocycles. The second-order valence-corrected chi connectivity index (χ2v) is 9.06. The molecule has 1 fully saturated rings. The summed E-state index contributed by atoms with van der Waals surface area (Å²) in [5, 5.41) is 3.48. The van der Waals surface area contributed by atoms with E-state index in [0.29, 0.717) is 6.04 Å². The molecule has 23 heavy (non-hydrogen) atoms. The average Bonchev–Trinajstić information content (AvgIpc) is 2.64. The average molecular weight is 327 g/mol. The Morgan fingerprint density at radius 3 is 2.09 bits per heavy atom. The van der Waals surface area contributed by atoms with Crippen molar-refractivity contribution in [3.63, 3.8) is 0 Å². The standard InChI is InChI=1S/C19H38N2O2/c1-18(2,3)15-20-13-14-21(17(22)23-19(4,5)6)16-11-9-7-8-10-12-16/h16,20H,7-15H2,1-6H3. The zero-order chi connectivity index (χ0) is 17.5. The van der Waals surface area contributed by atoms with E-state index in [1.165, 1.54) is 25.7 Å². The third-order valence-corrected chi connectivity index (χ3v) is 4.08. The Labute approximate surface area is 143 Å². The van der Waals surface area contributed by atoms with E-state index in [2.05, 4.69) is 26.1 Å².